The van der Waals surface area contributed by atoms with E-state index >= 15 is 0 Å². The number of aryl methyl sites for hydroxylation is 2. The first-order chi connectivity index (χ1) is 11.6. The quantitative estimate of drug-likeness (QED) is 0.858. The molecule has 0 radical (unpaired) electrons. The van der Waals surface area contributed by atoms with Crippen molar-refractivity contribution in [3.05, 3.63) is 58.6 Å². The highest BCUT2D eigenvalue weighted by molar-refractivity contribution is 7.92. The van der Waals surface area contributed by atoms with Crippen LogP contribution in [0.2, 0.25) is 5.02 Å². The Bertz CT molecular complexity index is 880. The van der Waals surface area contributed by atoms with Crippen LogP contribution in [0.4, 0.5) is 11.4 Å². The molecule has 0 fully saturated rings. The number of sulfonamides is 1. The highest BCUT2D eigenvalue weighted by Crippen LogP contribution is 2.28. The van der Waals surface area contributed by atoms with E-state index in [0.717, 1.165) is 16.1 Å². The van der Waals surface area contributed by atoms with E-state index in [0.29, 0.717) is 22.0 Å². The van der Waals surface area contributed by atoms with Crippen molar-refractivity contribution in [3.8, 4) is 0 Å². The van der Waals surface area contributed by atoms with Gasteiger partial charge in [-0.2, -0.15) is 0 Å². The number of carbonyl (C=O) groups excluding carboxylic acids is 1. The van der Waals surface area contributed by atoms with Crippen LogP contribution in [0, 0.1) is 13.8 Å². The molecule has 2 aromatic carbocycles. The van der Waals surface area contributed by atoms with Crippen molar-refractivity contribution in [1.29, 1.82) is 0 Å². The van der Waals surface area contributed by atoms with Crippen LogP contribution in [0.1, 0.15) is 18.1 Å². The molecular weight excluding hydrogens is 360 g/mol. The van der Waals surface area contributed by atoms with Gasteiger partial charge in [-0.25, -0.2) is 8.42 Å². The van der Waals surface area contributed by atoms with Gasteiger partial charge in [0.15, 0.2) is 0 Å². The molecule has 0 spiro atoms. The number of rotatable bonds is 5. The van der Waals surface area contributed by atoms with E-state index in [1.54, 1.807) is 44.2 Å². The molecule has 2 aromatic rings. The number of nitrogens with zero attached hydrogens (tertiary/aromatic N) is 1. The molecular formula is C18H21ClN2O3S. The van der Waals surface area contributed by atoms with Gasteiger partial charge in [0.1, 0.15) is 6.04 Å². The van der Waals surface area contributed by atoms with Crippen molar-refractivity contribution in [3.63, 3.8) is 0 Å². The maximum atomic E-state index is 12.6. The fraction of sp³-hybridized carbons (Fsp3) is 0.278. The Balaban J connectivity index is 2.36. The molecule has 1 amide bonds. The molecule has 0 heterocycles. The highest BCUT2D eigenvalue weighted by atomic mass is 35.5. The predicted molar refractivity (Wildman–Crippen MR) is 103 cm³/mol. The van der Waals surface area contributed by atoms with Crippen LogP contribution in [0.15, 0.2) is 42.5 Å². The first kappa shape index (κ1) is 19.3. The molecule has 0 aromatic heterocycles. The minimum absolute atomic E-state index is 0.390. The molecule has 0 aliphatic rings. The molecule has 25 heavy (non-hydrogen) atoms. The molecule has 5 nitrogen and oxygen atoms in total. The number of anilines is 2. The second-order valence-electron chi connectivity index (χ2n) is 6.02. The van der Waals surface area contributed by atoms with Crippen LogP contribution < -0.4 is 9.62 Å². The Morgan fingerprint density at radius 3 is 2.28 bits per heavy atom. The number of amides is 1. The van der Waals surface area contributed by atoms with Crippen molar-refractivity contribution in [2.24, 2.45) is 0 Å². The molecule has 7 heteroatoms. The van der Waals surface area contributed by atoms with Crippen molar-refractivity contribution in [2.75, 3.05) is 15.9 Å². The molecule has 0 saturated heterocycles. The first-order valence-corrected chi connectivity index (χ1v) is 9.95. The zero-order valence-electron chi connectivity index (χ0n) is 14.6. The van der Waals surface area contributed by atoms with E-state index in [4.69, 9.17) is 11.6 Å². The first-order valence-electron chi connectivity index (χ1n) is 7.72. The van der Waals surface area contributed by atoms with Gasteiger partial charge in [0, 0.05) is 10.7 Å². The van der Waals surface area contributed by atoms with E-state index in [2.05, 4.69) is 5.32 Å². The summed E-state index contributed by atoms with van der Waals surface area (Å²) in [5, 5.41) is 3.15. The van der Waals surface area contributed by atoms with E-state index < -0.39 is 22.0 Å². The average Bonchev–Trinajstić information content (AvgIpc) is 2.51. The second-order valence-corrected chi connectivity index (χ2v) is 8.32. The van der Waals surface area contributed by atoms with Crippen molar-refractivity contribution < 1.29 is 13.2 Å². The molecule has 0 saturated carbocycles. The third-order valence-corrected chi connectivity index (χ3v) is 5.28. The summed E-state index contributed by atoms with van der Waals surface area (Å²) >= 11 is 6.02. The summed E-state index contributed by atoms with van der Waals surface area (Å²) in [5.74, 6) is -0.423. The van der Waals surface area contributed by atoms with Crippen LogP contribution in [-0.4, -0.2) is 26.6 Å². The Kier molecular flexibility index (Phi) is 5.75. The van der Waals surface area contributed by atoms with Crippen LogP contribution in [0.25, 0.3) is 0 Å². The molecule has 0 unspecified atom stereocenters. The number of hydrogen-bond acceptors (Lipinski definition) is 3. The fourth-order valence-electron chi connectivity index (χ4n) is 2.48. The number of benzene rings is 2. The molecule has 134 valence electrons. The minimum Gasteiger partial charge on any atom is -0.324 e. The van der Waals surface area contributed by atoms with Crippen molar-refractivity contribution >= 4 is 38.9 Å². The van der Waals surface area contributed by atoms with E-state index in [1.165, 1.54) is 0 Å². The molecule has 0 aliphatic heterocycles. The summed E-state index contributed by atoms with van der Waals surface area (Å²) < 4.78 is 25.8. The van der Waals surface area contributed by atoms with Crippen LogP contribution in [-0.2, 0) is 14.8 Å². The zero-order chi connectivity index (χ0) is 18.8. The van der Waals surface area contributed by atoms with E-state index in [-0.39, 0.29) is 0 Å². The molecule has 2 rings (SSSR count). The van der Waals surface area contributed by atoms with Gasteiger partial charge in [0.05, 0.1) is 11.9 Å². The van der Waals surface area contributed by atoms with Gasteiger partial charge in [-0.05, 0) is 50.6 Å². The lowest BCUT2D eigenvalue weighted by atomic mass is 10.1. The van der Waals surface area contributed by atoms with Gasteiger partial charge >= 0.3 is 0 Å². The minimum atomic E-state index is -3.69. The lowest BCUT2D eigenvalue weighted by Gasteiger charge is -2.29. The molecule has 1 N–H and O–H groups in total. The fourth-order valence-corrected chi connectivity index (χ4v) is 3.88. The number of halogens is 1. The number of nitrogens with one attached hydrogen (secondary N) is 1. The van der Waals surface area contributed by atoms with Crippen molar-refractivity contribution in [1.82, 2.24) is 0 Å². The summed E-state index contributed by atoms with van der Waals surface area (Å²) in [6, 6.07) is 11.3. The van der Waals surface area contributed by atoms with Gasteiger partial charge < -0.3 is 5.32 Å². The molecule has 1 atom stereocenters. The lowest BCUT2D eigenvalue weighted by Crippen LogP contribution is -2.45. The predicted octanol–water partition coefficient (Wildman–Crippen LogP) is 3.75. The Morgan fingerprint density at radius 1 is 1.12 bits per heavy atom. The third kappa shape index (κ3) is 4.74. The normalized spacial score (nSPS) is 12.5. The molecule has 0 aliphatic carbocycles. The summed E-state index contributed by atoms with van der Waals surface area (Å²) in [5.41, 5.74) is 2.78. The van der Waals surface area contributed by atoms with E-state index in [1.807, 2.05) is 19.1 Å². The van der Waals surface area contributed by atoms with Crippen LogP contribution in [0.3, 0.4) is 0 Å². The monoisotopic (exact) mass is 380 g/mol. The maximum Gasteiger partial charge on any atom is 0.247 e. The Labute approximate surface area is 153 Å². The smallest absolute Gasteiger partial charge is 0.247 e. The highest BCUT2D eigenvalue weighted by Gasteiger charge is 2.30. The Morgan fingerprint density at radius 2 is 1.72 bits per heavy atom. The number of carbonyl (C=O) groups is 1. The standard InChI is InChI=1S/C18H21ClN2O3S/c1-12-5-9-16(10-6-12)20-18(22)14(3)21(25(4,23)24)17-11-15(19)8-7-13(17)2/h5-11,14H,1-4H3,(H,20,22)/t14-/m0/s1. The van der Waals surface area contributed by atoms with Gasteiger partial charge in [-0.1, -0.05) is 35.4 Å². The maximum absolute atomic E-state index is 12.6. The van der Waals surface area contributed by atoms with Crippen LogP contribution in [0.5, 0.6) is 0 Å². The van der Waals surface area contributed by atoms with Gasteiger partial charge in [-0.15, -0.1) is 0 Å². The number of hydrogen-bond donors (Lipinski definition) is 1. The van der Waals surface area contributed by atoms with Crippen molar-refractivity contribution in [2.45, 2.75) is 26.8 Å². The Hall–Kier alpha value is -2.05. The summed E-state index contributed by atoms with van der Waals surface area (Å²) in [6.07, 6.45) is 1.07. The molecule has 0 bridgehead atoms. The third-order valence-electron chi connectivity index (χ3n) is 3.82. The summed E-state index contributed by atoms with van der Waals surface area (Å²) in [7, 11) is -3.69. The van der Waals surface area contributed by atoms with E-state index in [9.17, 15) is 13.2 Å². The topological polar surface area (TPSA) is 66.5 Å². The van der Waals surface area contributed by atoms with Gasteiger partial charge in [-0.3, -0.25) is 9.10 Å². The summed E-state index contributed by atoms with van der Waals surface area (Å²) in [4.78, 5) is 12.6. The SMILES string of the molecule is Cc1ccc(NC(=O)[C@H](C)N(c2cc(Cl)ccc2C)S(C)(=O)=O)cc1. The lowest BCUT2D eigenvalue weighted by molar-refractivity contribution is -0.116. The summed E-state index contributed by atoms with van der Waals surface area (Å²) in [6.45, 7) is 5.26. The van der Waals surface area contributed by atoms with Gasteiger partial charge in [0.2, 0.25) is 15.9 Å². The zero-order valence-corrected chi connectivity index (χ0v) is 16.1. The largest absolute Gasteiger partial charge is 0.324 e. The van der Waals surface area contributed by atoms with Crippen LogP contribution >= 0.6 is 11.6 Å². The second kappa shape index (κ2) is 7.45. The van der Waals surface area contributed by atoms with Gasteiger partial charge in [0.25, 0.3) is 0 Å². The average molecular weight is 381 g/mol.